The van der Waals surface area contributed by atoms with Crippen LogP contribution in [-0.4, -0.2) is 18.3 Å². The molecule has 0 radical (unpaired) electrons. The minimum Gasteiger partial charge on any atom is -0.484 e. The Morgan fingerprint density at radius 1 is 0.969 bits per heavy atom. The summed E-state index contributed by atoms with van der Waals surface area (Å²) in [6.45, 7) is 3.97. The Morgan fingerprint density at radius 2 is 1.66 bits per heavy atom. The molecule has 5 nitrogen and oxygen atoms in total. The number of ketones is 1. The maximum absolute atomic E-state index is 13.3. The maximum atomic E-state index is 13.3. The summed E-state index contributed by atoms with van der Waals surface area (Å²) in [7, 11) is 0. The van der Waals surface area contributed by atoms with E-state index in [2.05, 4.69) is 19.2 Å². The molecular weight excluding hydrogens is 409 g/mol. The Hall–Kier alpha value is -3.93. The number of halogens is 1. The van der Waals surface area contributed by atoms with Crippen molar-refractivity contribution in [2.45, 2.75) is 19.8 Å². The summed E-state index contributed by atoms with van der Waals surface area (Å²) in [5, 5.41) is 3.33. The van der Waals surface area contributed by atoms with E-state index in [0.717, 1.165) is 0 Å². The molecule has 0 fully saturated rings. The summed E-state index contributed by atoms with van der Waals surface area (Å²) in [4.78, 5) is 25.6. The zero-order valence-electron chi connectivity index (χ0n) is 17.7. The van der Waals surface area contributed by atoms with Crippen molar-refractivity contribution < 1.29 is 23.1 Å². The lowest BCUT2D eigenvalue weighted by atomic mass is 10.0. The molecule has 32 heavy (non-hydrogen) atoms. The standard InChI is InChI=1S/C26H22FNO4/c1-16(2)17-9-13-20(14-10-17)31-15-23(29)28-24-21-5-3-4-6-22(21)32-26(24)25(30)18-7-11-19(27)12-8-18/h3-14,16H,15H2,1-2H3,(H,28,29). The van der Waals surface area contributed by atoms with Crippen LogP contribution in [0.25, 0.3) is 11.0 Å². The third-order valence-corrected chi connectivity index (χ3v) is 5.09. The average Bonchev–Trinajstić information content (AvgIpc) is 3.16. The number of para-hydroxylation sites is 1. The highest BCUT2D eigenvalue weighted by Crippen LogP contribution is 2.32. The Bertz CT molecular complexity index is 1260. The molecule has 0 atom stereocenters. The topological polar surface area (TPSA) is 68.5 Å². The van der Waals surface area contributed by atoms with Gasteiger partial charge < -0.3 is 14.5 Å². The molecule has 1 aromatic heterocycles. The van der Waals surface area contributed by atoms with Gasteiger partial charge in [-0.25, -0.2) is 4.39 Å². The second kappa shape index (κ2) is 9.06. The van der Waals surface area contributed by atoms with Crippen LogP contribution in [0.4, 0.5) is 10.1 Å². The Morgan fingerprint density at radius 3 is 2.34 bits per heavy atom. The first-order valence-electron chi connectivity index (χ1n) is 10.3. The minimum atomic E-state index is -0.457. The molecule has 0 spiro atoms. The second-order valence-electron chi connectivity index (χ2n) is 7.70. The first-order valence-corrected chi connectivity index (χ1v) is 10.3. The van der Waals surface area contributed by atoms with Crippen LogP contribution in [0.2, 0.25) is 0 Å². The number of carbonyl (C=O) groups is 2. The van der Waals surface area contributed by atoms with E-state index < -0.39 is 17.5 Å². The van der Waals surface area contributed by atoms with Gasteiger partial charge in [-0.15, -0.1) is 0 Å². The Balaban J connectivity index is 1.55. The van der Waals surface area contributed by atoms with E-state index in [0.29, 0.717) is 22.6 Å². The molecule has 0 bridgehead atoms. The number of fused-ring (bicyclic) bond motifs is 1. The number of furan rings is 1. The predicted octanol–water partition coefficient (Wildman–Crippen LogP) is 5.94. The molecule has 4 rings (SSSR count). The highest BCUT2D eigenvalue weighted by atomic mass is 19.1. The predicted molar refractivity (Wildman–Crippen MR) is 121 cm³/mol. The number of hydrogen-bond acceptors (Lipinski definition) is 4. The van der Waals surface area contributed by atoms with E-state index in [1.165, 1.54) is 29.8 Å². The van der Waals surface area contributed by atoms with Crippen LogP contribution >= 0.6 is 0 Å². The molecule has 0 saturated heterocycles. The highest BCUT2D eigenvalue weighted by molar-refractivity contribution is 6.17. The number of hydrogen-bond donors (Lipinski definition) is 1. The van der Waals surface area contributed by atoms with Gasteiger partial charge in [-0.3, -0.25) is 9.59 Å². The fourth-order valence-corrected chi connectivity index (χ4v) is 3.34. The van der Waals surface area contributed by atoms with Crippen molar-refractivity contribution in [1.29, 1.82) is 0 Å². The number of ether oxygens (including phenoxy) is 1. The number of carbonyl (C=O) groups excluding carboxylic acids is 2. The van der Waals surface area contributed by atoms with Gasteiger partial charge in [0, 0.05) is 10.9 Å². The van der Waals surface area contributed by atoms with Crippen LogP contribution in [0.15, 0.2) is 77.2 Å². The van der Waals surface area contributed by atoms with Crippen LogP contribution in [0.3, 0.4) is 0 Å². The van der Waals surface area contributed by atoms with Gasteiger partial charge in [-0.05, 0) is 60.0 Å². The van der Waals surface area contributed by atoms with E-state index in [1.807, 2.05) is 24.3 Å². The molecule has 3 aromatic carbocycles. The zero-order chi connectivity index (χ0) is 22.7. The highest BCUT2D eigenvalue weighted by Gasteiger charge is 2.23. The van der Waals surface area contributed by atoms with Gasteiger partial charge in [0.05, 0.1) is 5.69 Å². The third-order valence-electron chi connectivity index (χ3n) is 5.09. The van der Waals surface area contributed by atoms with Crippen molar-refractivity contribution in [2.24, 2.45) is 0 Å². The molecule has 1 N–H and O–H groups in total. The van der Waals surface area contributed by atoms with Gasteiger partial charge in [0.25, 0.3) is 5.91 Å². The maximum Gasteiger partial charge on any atom is 0.262 e. The Kier molecular flexibility index (Phi) is 6.03. The summed E-state index contributed by atoms with van der Waals surface area (Å²) < 4.78 is 24.6. The van der Waals surface area contributed by atoms with Crippen molar-refractivity contribution in [3.05, 3.63) is 95.5 Å². The van der Waals surface area contributed by atoms with Gasteiger partial charge in [-0.2, -0.15) is 0 Å². The number of anilines is 1. The third kappa shape index (κ3) is 4.54. The lowest BCUT2D eigenvalue weighted by Crippen LogP contribution is -2.21. The van der Waals surface area contributed by atoms with Crippen LogP contribution in [-0.2, 0) is 4.79 Å². The quantitative estimate of drug-likeness (QED) is 0.368. The molecule has 1 heterocycles. The summed E-state index contributed by atoms with van der Waals surface area (Å²) in [5.41, 5.74) is 2.15. The average molecular weight is 431 g/mol. The van der Waals surface area contributed by atoms with E-state index in [4.69, 9.17) is 9.15 Å². The monoisotopic (exact) mass is 431 g/mol. The molecule has 0 aliphatic rings. The fraction of sp³-hybridized carbons (Fsp3) is 0.154. The fourth-order valence-electron chi connectivity index (χ4n) is 3.34. The Labute approximate surface area is 184 Å². The molecule has 0 aliphatic carbocycles. The van der Waals surface area contributed by atoms with Gasteiger partial charge in [-0.1, -0.05) is 38.1 Å². The van der Waals surface area contributed by atoms with Crippen LogP contribution in [0, 0.1) is 5.82 Å². The lowest BCUT2D eigenvalue weighted by molar-refractivity contribution is -0.118. The van der Waals surface area contributed by atoms with Gasteiger partial charge >= 0.3 is 0 Å². The van der Waals surface area contributed by atoms with Crippen LogP contribution in [0.5, 0.6) is 5.75 Å². The van der Waals surface area contributed by atoms with Gasteiger partial charge in [0.2, 0.25) is 5.78 Å². The summed E-state index contributed by atoms with van der Waals surface area (Å²) >= 11 is 0. The molecule has 1 amide bonds. The number of benzene rings is 3. The molecule has 0 unspecified atom stereocenters. The van der Waals surface area contributed by atoms with E-state index in [9.17, 15) is 14.0 Å². The molecule has 4 aromatic rings. The smallest absolute Gasteiger partial charge is 0.262 e. The number of amides is 1. The van der Waals surface area contributed by atoms with Crippen molar-refractivity contribution in [3.8, 4) is 5.75 Å². The van der Waals surface area contributed by atoms with E-state index in [-0.39, 0.29) is 23.6 Å². The van der Waals surface area contributed by atoms with Crippen LogP contribution < -0.4 is 10.1 Å². The molecule has 162 valence electrons. The van der Waals surface area contributed by atoms with Gasteiger partial charge in [0.1, 0.15) is 17.1 Å². The number of nitrogens with one attached hydrogen (secondary N) is 1. The van der Waals surface area contributed by atoms with Crippen molar-refractivity contribution in [2.75, 3.05) is 11.9 Å². The SMILES string of the molecule is CC(C)c1ccc(OCC(=O)Nc2c(C(=O)c3ccc(F)cc3)oc3ccccc23)cc1. The first kappa shape index (κ1) is 21.3. The summed E-state index contributed by atoms with van der Waals surface area (Å²) in [6.07, 6.45) is 0. The van der Waals surface area contributed by atoms with Crippen molar-refractivity contribution in [1.82, 2.24) is 0 Å². The first-order chi connectivity index (χ1) is 15.4. The normalized spacial score (nSPS) is 11.0. The van der Waals surface area contributed by atoms with E-state index >= 15 is 0 Å². The summed E-state index contributed by atoms with van der Waals surface area (Å²) in [6, 6.07) is 19.7. The lowest BCUT2D eigenvalue weighted by Gasteiger charge is -2.10. The summed E-state index contributed by atoms with van der Waals surface area (Å²) in [5.74, 6) is -0.381. The van der Waals surface area contributed by atoms with E-state index in [1.54, 1.807) is 24.3 Å². The zero-order valence-corrected chi connectivity index (χ0v) is 17.7. The van der Waals surface area contributed by atoms with Crippen molar-refractivity contribution in [3.63, 3.8) is 0 Å². The minimum absolute atomic E-state index is 0.0209. The molecule has 0 aliphatic heterocycles. The van der Waals surface area contributed by atoms with Gasteiger partial charge in [0.15, 0.2) is 12.4 Å². The second-order valence-corrected chi connectivity index (χ2v) is 7.70. The largest absolute Gasteiger partial charge is 0.484 e. The molecule has 6 heteroatoms. The van der Waals surface area contributed by atoms with Crippen molar-refractivity contribution >= 4 is 28.3 Å². The molecule has 0 saturated carbocycles. The number of rotatable bonds is 7. The van der Waals surface area contributed by atoms with Crippen LogP contribution in [0.1, 0.15) is 41.4 Å². The molecular formula is C26H22FNO4.